The van der Waals surface area contributed by atoms with Crippen molar-refractivity contribution < 1.29 is 9.53 Å². The third-order valence-electron chi connectivity index (χ3n) is 2.28. The molecule has 1 aliphatic heterocycles. The first-order valence-corrected chi connectivity index (χ1v) is 5.60. The molecule has 1 saturated heterocycles. The van der Waals surface area contributed by atoms with Crippen molar-refractivity contribution in [2.45, 2.75) is 31.1 Å². The number of morpholine rings is 1. The lowest BCUT2D eigenvalue weighted by Gasteiger charge is -2.34. The van der Waals surface area contributed by atoms with Gasteiger partial charge in [0.1, 0.15) is 0 Å². The molecule has 0 aromatic heterocycles. The van der Waals surface area contributed by atoms with E-state index >= 15 is 0 Å². The highest BCUT2D eigenvalue weighted by molar-refractivity contribution is 9.10. The van der Waals surface area contributed by atoms with E-state index in [4.69, 9.17) is 4.74 Å². The normalized spacial score (nSPS) is 25.8. The van der Waals surface area contributed by atoms with Gasteiger partial charge in [0.2, 0.25) is 5.91 Å². The van der Waals surface area contributed by atoms with Gasteiger partial charge in [0, 0.05) is 6.54 Å². The fourth-order valence-electron chi connectivity index (χ4n) is 1.41. The summed E-state index contributed by atoms with van der Waals surface area (Å²) in [6, 6.07) is 0.216. The smallest absolute Gasteiger partial charge is 0.236 e. The Morgan fingerprint density at radius 2 is 2.46 bits per heavy atom. The van der Waals surface area contributed by atoms with E-state index in [9.17, 15) is 4.79 Å². The van der Waals surface area contributed by atoms with Crippen molar-refractivity contribution in [3.63, 3.8) is 0 Å². The van der Waals surface area contributed by atoms with Crippen molar-refractivity contribution in [2.24, 2.45) is 0 Å². The second-order valence-corrected chi connectivity index (χ2v) is 4.44. The minimum absolute atomic E-state index is 0.0342. The summed E-state index contributed by atoms with van der Waals surface area (Å²) in [5, 5.41) is 0. The van der Waals surface area contributed by atoms with Crippen LogP contribution in [0.1, 0.15) is 20.3 Å². The molecule has 1 heterocycles. The van der Waals surface area contributed by atoms with Gasteiger partial charge in [0.15, 0.2) is 0 Å². The van der Waals surface area contributed by atoms with Crippen molar-refractivity contribution >= 4 is 21.8 Å². The van der Waals surface area contributed by atoms with E-state index in [1.54, 1.807) is 0 Å². The Morgan fingerprint density at radius 1 is 1.77 bits per heavy atom. The molecule has 0 radical (unpaired) electrons. The Morgan fingerprint density at radius 3 is 3.00 bits per heavy atom. The summed E-state index contributed by atoms with van der Waals surface area (Å²) in [6.07, 6.45) is 0.836. The molecular formula is C9H16BrNO2. The highest BCUT2D eigenvalue weighted by Crippen LogP contribution is 2.14. The van der Waals surface area contributed by atoms with Gasteiger partial charge in [0.25, 0.3) is 0 Å². The fraction of sp³-hybridized carbons (Fsp3) is 0.889. The molecule has 76 valence electrons. The molecule has 0 N–H and O–H groups in total. The third-order valence-corrected chi connectivity index (χ3v) is 3.32. The third kappa shape index (κ3) is 2.68. The van der Waals surface area contributed by atoms with E-state index < -0.39 is 0 Å². The van der Waals surface area contributed by atoms with Gasteiger partial charge in [-0.3, -0.25) is 4.79 Å². The number of alkyl halides is 1. The van der Waals surface area contributed by atoms with Crippen LogP contribution in [0.5, 0.6) is 0 Å². The van der Waals surface area contributed by atoms with Crippen LogP contribution < -0.4 is 0 Å². The van der Waals surface area contributed by atoms with Gasteiger partial charge in [0.05, 0.1) is 24.1 Å². The molecule has 2 atom stereocenters. The molecule has 4 heteroatoms. The maximum absolute atomic E-state index is 11.8. The van der Waals surface area contributed by atoms with Crippen molar-refractivity contribution in [1.29, 1.82) is 0 Å². The molecule has 1 aliphatic rings. The van der Waals surface area contributed by atoms with Crippen LogP contribution in [0.4, 0.5) is 0 Å². The van der Waals surface area contributed by atoms with Gasteiger partial charge in [-0.1, -0.05) is 22.9 Å². The van der Waals surface area contributed by atoms with Crippen LogP contribution in [0.25, 0.3) is 0 Å². The molecule has 0 spiro atoms. The number of hydrogen-bond acceptors (Lipinski definition) is 2. The zero-order valence-corrected chi connectivity index (χ0v) is 9.71. The van der Waals surface area contributed by atoms with Crippen LogP contribution in [0, 0.1) is 0 Å². The summed E-state index contributed by atoms with van der Waals surface area (Å²) in [4.78, 5) is 13.6. The molecule has 13 heavy (non-hydrogen) atoms. The van der Waals surface area contributed by atoms with Crippen molar-refractivity contribution in [3.8, 4) is 0 Å². The van der Waals surface area contributed by atoms with Gasteiger partial charge in [-0.25, -0.2) is 0 Å². The molecule has 3 nitrogen and oxygen atoms in total. The fourth-order valence-corrected chi connectivity index (χ4v) is 1.67. The summed E-state index contributed by atoms with van der Waals surface area (Å²) < 4.78 is 5.27. The molecular weight excluding hydrogens is 234 g/mol. The first-order valence-electron chi connectivity index (χ1n) is 4.69. The molecule has 1 amide bonds. The number of halogens is 1. The summed E-state index contributed by atoms with van der Waals surface area (Å²) >= 11 is 3.37. The first kappa shape index (κ1) is 11.0. The van der Waals surface area contributed by atoms with E-state index in [0.29, 0.717) is 13.2 Å². The van der Waals surface area contributed by atoms with Crippen LogP contribution in [0.2, 0.25) is 0 Å². The number of rotatable bonds is 2. The lowest BCUT2D eigenvalue weighted by atomic mass is 10.2. The number of carbonyl (C=O) groups is 1. The minimum atomic E-state index is -0.0342. The van der Waals surface area contributed by atoms with E-state index in [1.807, 2.05) is 18.7 Å². The van der Waals surface area contributed by atoms with Gasteiger partial charge in [-0.2, -0.15) is 0 Å². The van der Waals surface area contributed by atoms with E-state index in [-0.39, 0.29) is 16.8 Å². The lowest BCUT2D eigenvalue weighted by Crippen LogP contribution is -2.49. The molecule has 0 aliphatic carbocycles. The van der Waals surface area contributed by atoms with Gasteiger partial charge in [-0.05, 0) is 13.3 Å². The van der Waals surface area contributed by atoms with Gasteiger partial charge < -0.3 is 9.64 Å². The highest BCUT2D eigenvalue weighted by Gasteiger charge is 2.27. The average molecular weight is 250 g/mol. The highest BCUT2D eigenvalue weighted by atomic mass is 79.9. The topological polar surface area (TPSA) is 29.5 Å². The molecule has 0 aromatic carbocycles. The standard InChI is InChI=1S/C9H16BrNO2/c1-3-8(10)9(12)11-4-5-13-6-7(11)2/h7-8H,3-6H2,1-2H3/t7-,8?/m0/s1. The Balaban J connectivity index is 2.53. The van der Waals surface area contributed by atoms with Crippen LogP contribution in [-0.2, 0) is 9.53 Å². The quantitative estimate of drug-likeness (QED) is 0.693. The average Bonchev–Trinajstić information content (AvgIpc) is 2.16. The van der Waals surface area contributed by atoms with E-state index in [1.165, 1.54) is 0 Å². The maximum atomic E-state index is 11.8. The van der Waals surface area contributed by atoms with Crippen molar-refractivity contribution in [3.05, 3.63) is 0 Å². The molecule has 0 bridgehead atoms. The Hall–Kier alpha value is -0.0900. The van der Waals surface area contributed by atoms with E-state index in [0.717, 1.165) is 13.0 Å². The van der Waals surface area contributed by atoms with Gasteiger partial charge in [-0.15, -0.1) is 0 Å². The molecule has 1 rings (SSSR count). The molecule has 0 saturated carbocycles. The summed E-state index contributed by atoms with van der Waals surface area (Å²) in [5.74, 6) is 0.193. The Bertz CT molecular complexity index is 186. The second kappa shape index (κ2) is 4.96. The lowest BCUT2D eigenvalue weighted by molar-refractivity contribution is -0.138. The summed E-state index contributed by atoms with van der Waals surface area (Å²) in [6.45, 7) is 6.08. The minimum Gasteiger partial charge on any atom is -0.377 e. The molecule has 1 unspecified atom stereocenters. The maximum Gasteiger partial charge on any atom is 0.236 e. The van der Waals surface area contributed by atoms with Crippen molar-refractivity contribution in [2.75, 3.05) is 19.8 Å². The number of amides is 1. The monoisotopic (exact) mass is 249 g/mol. The number of hydrogen-bond donors (Lipinski definition) is 0. The first-order chi connectivity index (χ1) is 6.16. The predicted molar refractivity (Wildman–Crippen MR) is 55.0 cm³/mol. The molecule has 0 aromatic rings. The summed E-state index contributed by atoms with van der Waals surface area (Å²) in [7, 11) is 0. The van der Waals surface area contributed by atoms with Gasteiger partial charge >= 0.3 is 0 Å². The van der Waals surface area contributed by atoms with Crippen LogP contribution in [0.15, 0.2) is 0 Å². The van der Waals surface area contributed by atoms with E-state index in [2.05, 4.69) is 15.9 Å². The van der Waals surface area contributed by atoms with Crippen LogP contribution in [0.3, 0.4) is 0 Å². The second-order valence-electron chi connectivity index (χ2n) is 3.33. The summed E-state index contributed by atoms with van der Waals surface area (Å²) in [5.41, 5.74) is 0. The number of nitrogens with zero attached hydrogens (tertiary/aromatic N) is 1. The Labute approximate surface area is 87.6 Å². The number of ether oxygens (including phenoxy) is 1. The largest absolute Gasteiger partial charge is 0.377 e. The number of carbonyl (C=O) groups excluding carboxylic acids is 1. The Kier molecular flexibility index (Phi) is 4.19. The molecule has 1 fully saturated rings. The van der Waals surface area contributed by atoms with Crippen LogP contribution in [-0.4, -0.2) is 41.4 Å². The predicted octanol–water partition coefficient (Wildman–Crippen LogP) is 1.41. The van der Waals surface area contributed by atoms with Crippen LogP contribution >= 0.6 is 15.9 Å². The SMILES string of the molecule is CCC(Br)C(=O)N1CCOC[C@@H]1C. The zero-order chi connectivity index (χ0) is 9.84. The zero-order valence-electron chi connectivity index (χ0n) is 8.12. The van der Waals surface area contributed by atoms with Crippen molar-refractivity contribution in [1.82, 2.24) is 4.90 Å².